The van der Waals surface area contributed by atoms with Crippen molar-refractivity contribution >= 4 is 17.3 Å². The highest BCUT2D eigenvalue weighted by Crippen LogP contribution is 2.25. The summed E-state index contributed by atoms with van der Waals surface area (Å²) >= 11 is 0. The smallest absolute Gasteiger partial charge is 0.224 e. The van der Waals surface area contributed by atoms with E-state index in [1.54, 1.807) is 25.3 Å². The second-order valence-corrected chi connectivity index (χ2v) is 4.39. The van der Waals surface area contributed by atoms with Gasteiger partial charge in [0.2, 0.25) is 5.91 Å². The monoisotopic (exact) mass is 250 g/mol. The van der Waals surface area contributed by atoms with Crippen molar-refractivity contribution in [2.75, 3.05) is 18.2 Å². The van der Waals surface area contributed by atoms with Gasteiger partial charge in [-0.25, -0.2) is 0 Å². The molecule has 0 radical (unpaired) electrons. The zero-order chi connectivity index (χ0) is 13.5. The number of methoxy groups -OCH3 is 1. The Balaban J connectivity index is 2.69. The number of ether oxygens (including phenoxy) is 1. The van der Waals surface area contributed by atoms with Crippen LogP contribution in [0.1, 0.15) is 33.1 Å². The van der Waals surface area contributed by atoms with Crippen molar-refractivity contribution in [3.05, 3.63) is 18.2 Å². The zero-order valence-corrected chi connectivity index (χ0v) is 11.3. The van der Waals surface area contributed by atoms with Crippen molar-refractivity contribution in [1.82, 2.24) is 0 Å². The van der Waals surface area contributed by atoms with Crippen LogP contribution in [0.3, 0.4) is 0 Å². The first-order chi connectivity index (χ1) is 8.60. The van der Waals surface area contributed by atoms with E-state index in [1.165, 1.54) is 0 Å². The SMILES string of the molecule is CCC(CC)CC(=O)Nc1cc(OC)ccc1N. The molecular weight excluding hydrogens is 228 g/mol. The van der Waals surface area contributed by atoms with Gasteiger partial charge in [0.15, 0.2) is 0 Å². The molecule has 0 heterocycles. The van der Waals surface area contributed by atoms with Crippen molar-refractivity contribution in [2.45, 2.75) is 33.1 Å². The van der Waals surface area contributed by atoms with E-state index in [4.69, 9.17) is 10.5 Å². The molecule has 0 aliphatic rings. The normalized spacial score (nSPS) is 10.4. The molecule has 1 rings (SSSR count). The number of nitrogens with one attached hydrogen (secondary N) is 1. The molecule has 0 saturated carbocycles. The number of amides is 1. The molecule has 4 heteroatoms. The van der Waals surface area contributed by atoms with E-state index in [1.807, 2.05) is 0 Å². The highest BCUT2D eigenvalue weighted by atomic mass is 16.5. The van der Waals surface area contributed by atoms with Crippen LogP contribution in [0.4, 0.5) is 11.4 Å². The summed E-state index contributed by atoms with van der Waals surface area (Å²) in [7, 11) is 1.58. The molecule has 0 aliphatic heterocycles. The van der Waals surface area contributed by atoms with Gasteiger partial charge in [-0.1, -0.05) is 26.7 Å². The second-order valence-electron chi connectivity index (χ2n) is 4.39. The molecule has 0 saturated heterocycles. The van der Waals surface area contributed by atoms with E-state index < -0.39 is 0 Å². The lowest BCUT2D eigenvalue weighted by Gasteiger charge is -2.13. The van der Waals surface area contributed by atoms with E-state index in [0.717, 1.165) is 12.8 Å². The van der Waals surface area contributed by atoms with Crippen LogP contribution in [0.15, 0.2) is 18.2 Å². The quantitative estimate of drug-likeness (QED) is 0.763. The lowest BCUT2D eigenvalue weighted by molar-refractivity contribution is -0.117. The molecule has 0 bridgehead atoms. The molecule has 1 amide bonds. The van der Waals surface area contributed by atoms with Gasteiger partial charge in [-0.05, 0) is 18.1 Å². The number of rotatable bonds is 6. The third kappa shape index (κ3) is 3.95. The fraction of sp³-hybridized carbons (Fsp3) is 0.500. The van der Waals surface area contributed by atoms with Crippen LogP contribution in [0.25, 0.3) is 0 Å². The van der Waals surface area contributed by atoms with Gasteiger partial charge in [0.05, 0.1) is 18.5 Å². The summed E-state index contributed by atoms with van der Waals surface area (Å²) in [5.74, 6) is 1.11. The average Bonchev–Trinajstić information content (AvgIpc) is 2.38. The minimum atomic E-state index is 0.00338. The summed E-state index contributed by atoms with van der Waals surface area (Å²) in [6.45, 7) is 4.20. The van der Waals surface area contributed by atoms with Crippen LogP contribution in [0, 0.1) is 5.92 Å². The molecule has 0 aliphatic carbocycles. The molecule has 0 aromatic heterocycles. The van der Waals surface area contributed by atoms with Crippen molar-refractivity contribution in [2.24, 2.45) is 5.92 Å². The van der Waals surface area contributed by atoms with Gasteiger partial charge in [-0.3, -0.25) is 4.79 Å². The standard InChI is InChI=1S/C14H22N2O2/c1-4-10(5-2)8-14(17)16-13-9-11(18-3)6-7-12(13)15/h6-7,9-10H,4-5,8,15H2,1-3H3,(H,16,17). The first-order valence-electron chi connectivity index (χ1n) is 6.34. The summed E-state index contributed by atoms with van der Waals surface area (Å²) < 4.78 is 5.11. The average molecular weight is 250 g/mol. The van der Waals surface area contributed by atoms with Crippen LogP contribution in [-0.2, 0) is 4.79 Å². The van der Waals surface area contributed by atoms with E-state index in [-0.39, 0.29) is 5.91 Å². The number of carbonyl (C=O) groups is 1. The molecule has 18 heavy (non-hydrogen) atoms. The van der Waals surface area contributed by atoms with E-state index in [9.17, 15) is 4.79 Å². The van der Waals surface area contributed by atoms with Crippen LogP contribution >= 0.6 is 0 Å². The van der Waals surface area contributed by atoms with Gasteiger partial charge < -0.3 is 15.8 Å². The van der Waals surface area contributed by atoms with Gasteiger partial charge in [0.1, 0.15) is 5.75 Å². The lowest BCUT2D eigenvalue weighted by atomic mass is 9.99. The van der Waals surface area contributed by atoms with Gasteiger partial charge in [0.25, 0.3) is 0 Å². The minimum Gasteiger partial charge on any atom is -0.497 e. The number of nitrogens with two attached hydrogens (primary N) is 1. The fourth-order valence-electron chi connectivity index (χ4n) is 1.81. The number of hydrogen-bond acceptors (Lipinski definition) is 3. The molecule has 0 fully saturated rings. The molecule has 3 N–H and O–H groups in total. The summed E-state index contributed by atoms with van der Waals surface area (Å²) in [4.78, 5) is 11.9. The Kier molecular flexibility index (Phi) is 5.49. The number of benzene rings is 1. The molecule has 0 atom stereocenters. The van der Waals surface area contributed by atoms with E-state index >= 15 is 0 Å². The Morgan fingerprint density at radius 2 is 2.06 bits per heavy atom. The Hall–Kier alpha value is -1.71. The summed E-state index contributed by atoms with van der Waals surface area (Å²) in [5.41, 5.74) is 6.98. The van der Waals surface area contributed by atoms with Gasteiger partial charge in [0, 0.05) is 12.5 Å². The van der Waals surface area contributed by atoms with Gasteiger partial charge in [-0.2, -0.15) is 0 Å². The highest BCUT2D eigenvalue weighted by Gasteiger charge is 2.11. The highest BCUT2D eigenvalue weighted by molar-refractivity contribution is 5.94. The number of hydrogen-bond donors (Lipinski definition) is 2. The maximum Gasteiger partial charge on any atom is 0.224 e. The Labute approximate surface area is 109 Å². The molecule has 0 unspecified atom stereocenters. The predicted octanol–water partition coefficient (Wildman–Crippen LogP) is 3.04. The van der Waals surface area contributed by atoms with E-state index in [0.29, 0.717) is 29.5 Å². The molecular formula is C14H22N2O2. The topological polar surface area (TPSA) is 64.3 Å². The van der Waals surface area contributed by atoms with Crippen LogP contribution in [-0.4, -0.2) is 13.0 Å². The Morgan fingerprint density at radius 1 is 1.39 bits per heavy atom. The van der Waals surface area contributed by atoms with Gasteiger partial charge >= 0.3 is 0 Å². The predicted molar refractivity (Wildman–Crippen MR) is 74.7 cm³/mol. The van der Waals surface area contributed by atoms with Crippen molar-refractivity contribution in [3.8, 4) is 5.75 Å². The minimum absolute atomic E-state index is 0.00338. The number of anilines is 2. The molecule has 4 nitrogen and oxygen atoms in total. The van der Waals surface area contributed by atoms with E-state index in [2.05, 4.69) is 19.2 Å². The molecule has 1 aromatic rings. The Bertz CT molecular complexity index is 401. The van der Waals surface area contributed by atoms with Gasteiger partial charge in [-0.15, -0.1) is 0 Å². The zero-order valence-electron chi connectivity index (χ0n) is 11.3. The molecule has 100 valence electrons. The third-order valence-electron chi connectivity index (χ3n) is 3.16. The van der Waals surface area contributed by atoms with Crippen molar-refractivity contribution < 1.29 is 9.53 Å². The lowest BCUT2D eigenvalue weighted by Crippen LogP contribution is -2.16. The maximum absolute atomic E-state index is 11.9. The number of nitrogen functional groups attached to an aromatic ring is 1. The van der Waals surface area contributed by atoms with Crippen molar-refractivity contribution in [1.29, 1.82) is 0 Å². The first kappa shape index (κ1) is 14.4. The second kappa shape index (κ2) is 6.89. The summed E-state index contributed by atoms with van der Waals surface area (Å²) in [6, 6.07) is 5.23. The van der Waals surface area contributed by atoms with Crippen LogP contribution < -0.4 is 15.8 Å². The van der Waals surface area contributed by atoms with Crippen LogP contribution in [0.2, 0.25) is 0 Å². The molecule has 1 aromatic carbocycles. The first-order valence-corrected chi connectivity index (χ1v) is 6.34. The maximum atomic E-state index is 11.9. The summed E-state index contributed by atoms with van der Waals surface area (Å²) in [5, 5.41) is 2.84. The largest absolute Gasteiger partial charge is 0.497 e. The Morgan fingerprint density at radius 3 is 2.61 bits per heavy atom. The summed E-state index contributed by atoms with van der Waals surface area (Å²) in [6.07, 6.45) is 2.55. The third-order valence-corrected chi connectivity index (χ3v) is 3.16. The number of carbonyl (C=O) groups excluding carboxylic acids is 1. The fourth-order valence-corrected chi connectivity index (χ4v) is 1.81. The van der Waals surface area contributed by atoms with Crippen molar-refractivity contribution in [3.63, 3.8) is 0 Å². The molecule has 0 spiro atoms. The van der Waals surface area contributed by atoms with Crippen LogP contribution in [0.5, 0.6) is 5.75 Å².